The Morgan fingerprint density at radius 1 is 1.00 bits per heavy atom. The fourth-order valence-electron chi connectivity index (χ4n) is 4.09. The number of hydrogen-bond acceptors (Lipinski definition) is 6. The molecule has 4 heterocycles. The van der Waals surface area contributed by atoms with Crippen LogP contribution in [0, 0.1) is 20.8 Å². The minimum atomic E-state index is -0.395. The summed E-state index contributed by atoms with van der Waals surface area (Å²) < 4.78 is 5.08. The number of aryl methyl sites for hydroxylation is 3. The third-order valence-electron chi connectivity index (χ3n) is 5.67. The summed E-state index contributed by atoms with van der Waals surface area (Å²) in [7, 11) is 0. The van der Waals surface area contributed by atoms with Gasteiger partial charge >= 0.3 is 6.09 Å². The molecular weight excluding hydrogens is 382 g/mol. The van der Waals surface area contributed by atoms with E-state index >= 15 is 0 Å². The topological polar surface area (TPSA) is 78.9 Å². The van der Waals surface area contributed by atoms with Crippen LogP contribution in [0.25, 0.3) is 0 Å². The summed E-state index contributed by atoms with van der Waals surface area (Å²) in [4.78, 5) is 39.6. The number of cyclic esters (lactones) is 1. The van der Waals surface area contributed by atoms with Crippen molar-refractivity contribution in [1.29, 1.82) is 0 Å². The molecule has 8 heteroatoms. The van der Waals surface area contributed by atoms with Gasteiger partial charge < -0.3 is 14.5 Å². The Morgan fingerprint density at radius 3 is 2.27 bits per heavy atom. The molecule has 0 unspecified atom stereocenters. The van der Waals surface area contributed by atoms with Gasteiger partial charge in [0.1, 0.15) is 18.2 Å². The van der Waals surface area contributed by atoms with Crippen LogP contribution in [0.5, 0.6) is 0 Å². The van der Waals surface area contributed by atoms with E-state index in [-0.39, 0.29) is 11.9 Å². The molecule has 0 spiro atoms. The Kier molecular flexibility index (Phi) is 5.32. The summed E-state index contributed by atoms with van der Waals surface area (Å²) in [6.07, 6.45) is 3.04. The van der Waals surface area contributed by atoms with Gasteiger partial charge in [-0.1, -0.05) is 6.07 Å². The molecule has 2 aromatic rings. The van der Waals surface area contributed by atoms with Gasteiger partial charge in [-0.2, -0.15) is 0 Å². The summed E-state index contributed by atoms with van der Waals surface area (Å²) in [5, 5.41) is 0. The molecule has 4 rings (SSSR count). The smallest absolute Gasteiger partial charge is 0.415 e. The van der Waals surface area contributed by atoms with Gasteiger partial charge in [-0.15, -0.1) is 0 Å². The highest BCUT2D eigenvalue weighted by atomic mass is 16.6. The van der Waals surface area contributed by atoms with Crippen LogP contribution in [0.3, 0.4) is 0 Å². The maximum Gasteiger partial charge on any atom is 0.415 e. The van der Waals surface area contributed by atoms with Crippen molar-refractivity contribution in [3.63, 3.8) is 0 Å². The molecule has 2 aromatic heterocycles. The lowest BCUT2D eigenvalue weighted by Gasteiger charge is -2.36. The molecule has 2 fully saturated rings. The zero-order chi connectivity index (χ0) is 21.4. The molecule has 2 aliphatic heterocycles. The number of piperazine rings is 1. The number of carbonyl (C=O) groups is 2. The van der Waals surface area contributed by atoms with E-state index < -0.39 is 6.09 Å². The predicted octanol–water partition coefficient (Wildman–Crippen LogP) is 2.71. The van der Waals surface area contributed by atoms with Gasteiger partial charge in [-0.05, 0) is 50.5 Å². The normalized spacial score (nSPS) is 19.3. The van der Waals surface area contributed by atoms with Crippen LogP contribution in [0.1, 0.15) is 34.0 Å². The number of hydrogen-bond donors (Lipinski definition) is 0. The summed E-state index contributed by atoms with van der Waals surface area (Å²) >= 11 is 0. The van der Waals surface area contributed by atoms with E-state index in [0.29, 0.717) is 31.1 Å². The molecule has 2 aliphatic rings. The Balaban J connectivity index is 1.44. The summed E-state index contributed by atoms with van der Waals surface area (Å²) in [5.41, 5.74) is 3.62. The standard InChI is InChI=1S/C22H27N5O3/c1-14-9-15(2)19(23-11-14)25-5-7-26(8-6-25)21(28)18-10-16(3)20(24-12-18)27-17(4)13-30-22(27)29/h9-12,17H,5-8,13H2,1-4H3/t17-/m1/s1. The van der Waals surface area contributed by atoms with E-state index in [1.54, 1.807) is 17.2 Å². The molecule has 0 saturated carbocycles. The van der Waals surface area contributed by atoms with Crippen LogP contribution in [0.2, 0.25) is 0 Å². The molecule has 0 bridgehead atoms. The number of carbonyl (C=O) groups excluding carboxylic acids is 2. The second-order valence-corrected chi connectivity index (χ2v) is 8.09. The van der Waals surface area contributed by atoms with Gasteiger partial charge in [0.2, 0.25) is 0 Å². The van der Waals surface area contributed by atoms with Crippen LogP contribution < -0.4 is 9.80 Å². The van der Waals surface area contributed by atoms with Crippen LogP contribution in [0.15, 0.2) is 24.5 Å². The molecule has 2 amide bonds. The lowest BCUT2D eigenvalue weighted by molar-refractivity contribution is 0.0746. The van der Waals surface area contributed by atoms with Crippen molar-refractivity contribution in [2.24, 2.45) is 0 Å². The lowest BCUT2D eigenvalue weighted by Crippen LogP contribution is -2.49. The van der Waals surface area contributed by atoms with Crippen molar-refractivity contribution in [3.05, 3.63) is 46.8 Å². The van der Waals surface area contributed by atoms with Gasteiger partial charge in [0.25, 0.3) is 5.91 Å². The highest BCUT2D eigenvalue weighted by molar-refractivity contribution is 5.95. The molecule has 8 nitrogen and oxygen atoms in total. The Morgan fingerprint density at radius 2 is 1.67 bits per heavy atom. The first-order valence-electron chi connectivity index (χ1n) is 10.2. The molecule has 0 aromatic carbocycles. The van der Waals surface area contributed by atoms with Crippen molar-refractivity contribution in [2.75, 3.05) is 42.6 Å². The average Bonchev–Trinajstić information content (AvgIpc) is 3.06. The number of rotatable bonds is 3. The van der Waals surface area contributed by atoms with Gasteiger partial charge in [0.05, 0.1) is 11.6 Å². The summed E-state index contributed by atoms with van der Waals surface area (Å²) in [6, 6.07) is 3.87. The number of amides is 2. The zero-order valence-corrected chi connectivity index (χ0v) is 17.9. The summed E-state index contributed by atoms with van der Waals surface area (Å²) in [5.74, 6) is 1.50. The Bertz CT molecular complexity index is 985. The number of anilines is 2. The van der Waals surface area contributed by atoms with E-state index in [1.807, 2.05) is 31.9 Å². The third-order valence-corrected chi connectivity index (χ3v) is 5.67. The fraction of sp³-hybridized carbons (Fsp3) is 0.455. The second kappa shape index (κ2) is 7.93. The van der Waals surface area contributed by atoms with Crippen molar-refractivity contribution in [3.8, 4) is 0 Å². The summed E-state index contributed by atoms with van der Waals surface area (Å²) in [6.45, 7) is 11.0. The van der Waals surface area contributed by atoms with Crippen LogP contribution in [0.4, 0.5) is 16.4 Å². The highest BCUT2D eigenvalue weighted by Crippen LogP contribution is 2.26. The maximum atomic E-state index is 13.0. The number of pyridine rings is 2. The van der Waals surface area contributed by atoms with Crippen molar-refractivity contribution in [1.82, 2.24) is 14.9 Å². The van der Waals surface area contributed by atoms with Gasteiger partial charge in [-0.3, -0.25) is 9.69 Å². The molecular formula is C22H27N5O3. The molecule has 0 aliphatic carbocycles. The second-order valence-electron chi connectivity index (χ2n) is 8.09. The van der Waals surface area contributed by atoms with E-state index in [9.17, 15) is 9.59 Å². The van der Waals surface area contributed by atoms with E-state index in [0.717, 1.165) is 35.6 Å². The molecule has 158 valence electrons. The van der Waals surface area contributed by atoms with Crippen LogP contribution >= 0.6 is 0 Å². The number of aromatic nitrogens is 2. The Labute approximate surface area is 176 Å². The first kappa shape index (κ1) is 20.1. The lowest BCUT2D eigenvalue weighted by atomic mass is 10.1. The van der Waals surface area contributed by atoms with Gasteiger partial charge in [0, 0.05) is 38.6 Å². The maximum absolute atomic E-state index is 13.0. The van der Waals surface area contributed by atoms with E-state index in [4.69, 9.17) is 4.74 Å². The number of ether oxygens (including phenoxy) is 1. The quantitative estimate of drug-likeness (QED) is 0.776. The molecule has 0 N–H and O–H groups in total. The van der Waals surface area contributed by atoms with E-state index in [1.165, 1.54) is 0 Å². The Hall–Kier alpha value is -3.16. The minimum absolute atomic E-state index is 0.0394. The van der Waals surface area contributed by atoms with Gasteiger partial charge in [-0.25, -0.2) is 14.8 Å². The first-order chi connectivity index (χ1) is 14.3. The predicted molar refractivity (Wildman–Crippen MR) is 114 cm³/mol. The largest absolute Gasteiger partial charge is 0.447 e. The monoisotopic (exact) mass is 409 g/mol. The first-order valence-corrected chi connectivity index (χ1v) is 10.2. The zero-order valence-electron chi connectivity index (χ0n) is 17.9. The fourth-order valence-corrected chi connectivity index (χ4v) is 4.09. The molecule has 2 saturated heterocycles. The van der Waals surface area contributed by atoms with Crippen molar-refractivity contribution < 1.29 is 14.3 Å². The van der Waals surface area contributed by atoms with Crippen molar-refractivity contribution >= 4 is 23.6 Å². The molecule has 0 radical (unpaired) electrons. The minimum Gasteiger partial charge on any atom is -0.447 e. The third kappa shape index (κ3) is 3.69. The SMILES string of the molecule is Cc1cnc(N2CCN(C(=O)c3cnc(N4C(=O)OC[C@H]4C)c(C)c3)CC2)c(C)c1. The van der Waals surface area contributed by atoms with Crippen LogP contribution in [-0.4, -0.2) is 65.7 Å². The average molecular weight is 409 g/mol. The van der Waals surface area contributed by atoms with E-state index in [2.05, 4.69) is 27.9 Å². The van der Waals surface area contributed by atoms with Gasteiger partial charge in [0.15, 0.2) is 0 Å². The highest BCUT2D eigenvalue weighted by Gasteiger charge is 2.33. The molecule has 1 atom stereocenters. The van der Waals surface area contributed by atoms with Crippen LogP contribution in [-0.2, 0) is 4.74 Å². The molecule has 30 heavy (non-hydrogen) atoms. The van der Waals surface area contributed by atoms with Crippen molar-refractivity contribution in [2.45, 2.75) is 33.7 Å². The number of nitrogens with zero attached hydrogens (tertiary/aromatic N) is 5.